The highest BCUT2D eigenvalue weighted by Gasteiger charge is 2.19. The summed E-state index contributed by atoms with van der Waals surface area (Å²) in [6.45, 7) is 0. The number of anilines is 1. The van der Waals surface area contributed by atoms with Crippen LogP contribution in [-0.2, 0) is 7.05 Å². The maximum absolute atomic E-state index is 6.09. The maximum atomic E-state index is 6.09. The number of aryl methyl sites for hydroxylation is 1. The summed E-state index contributed by atoms with van der Waals surface area (Å²) in [6, 6.07) is 14.0. The van der Waals surface area contributed by atoms with E-state index in [2.05, 4.69) is 52.4 Å². The van der Waals surface area contributed by atoms with Crippen LogP contribution in [0, 0.1) is 0 Å². The van der Waals surface area contributed by atoms with Crippen LogP contribution in [0.4, 0.5) is 5.82 Å². The Morgan fingerprint density at radius 1 is 1.08 bits per heavy atom. The molecule has 2 aromatic heterocycles. The second kappa shape index (κ2) is 6.77. The van der Waals surface area contributed by atoms with E-state index >= 15 is 0 Å². The Morgan fingerprint density at radius 3 is 2.64 bits per heavy atom. The Kier molecular flexibility index (Phi) is 4.33. The molecule has 3 nitrogen and oxygen atoms in total. The average Bonchev–Trinajstić information content (AvgIpc) is 2.98. The number of rotatable bonds is 4. The lowest BCUT2D eigenvalue weighted by Crippen LogP contribution is -2.32. The number of halogens is 1. The van der Waals surface area contributed by atoms with E-state index in [1.54, 1.807) is 0 Å². The normalized spacial score (nSPS) is 14.2. The molecule has 0 fully saturated rings. The summed E-state index contributed by atoms with van der Waals surface area (Å²) in [5.74, 6) is 0.861. The van der Waals surface area contributed by atoms with Gasteiger partial charge in [0.1, 0.15) is 5.82 Å². The van der Waals surface area contributed by atoms with E-state index in [1.165, 1.54) is 21.7 Å². The summed E-state index contributed by atoms with van der Waals surface area (Å²) >= 11 is 6.09. The van der Waals surface area contributed by atoms with Crippen LogP contribution in [0.25, 0.3) is 12.2 Å². The fourth-order valence-corrected chi connectivity index (χ4v) is 3.56. The standard InChI is InChI=1S/C21H20ClN3/c1-25-14-18(17-6-2-3-7-19(17)25)21(15-9-11-16(22)12-10-15)24-20-8-4-5-13-23-20/h4-14,21H,2-3H2,1H3,(H,23,24). The minimum absolute atomic E-state index is 0.0184. The van der Waals surface area contributed by atoms with E-state index in [0.29, 0.717) is 0 Å². The van der Waals surface area contributed by atoms with Crippen molar-refractivity contribution >= 4 is 29.6 Å². The van der Waals surface area contributed by atoms with Crippen LogP contribution in [0.2, 0.25) is 5.02 Å². The van der Waals surface area contributed by atoms with Crippen LogP contribution in [0.15, 0.2) is 54.9 Å². The van der Waals surface area contributed by atoms with Gasteiger partial charge >= 0.3 is 0 Å². The molecule has 0 bridgehead atoms. The van der Waals surface area contributed by atoms with E-state index < -0.39 is 0 Å². The van der Waals surface area contributed by atoms with Gasteiger partial charge in [0.15, 0.2) is 0 Å². The Labute approximate surface area is 152 Å². The molecule has 1 unspecified atom stereocenters. The molecule has 3 aromatic rings. The highest BCUT2D eigenvalue weighted by Crippen LogP contribution is 2.25. The van der Waals surface area contributed by atoms with Gasteiger partial charge in [-0.25, -0.2) is 4.98 Å². The molecule has 0 amide bonds. The van der Waals surface area contributed by atoms with Gasteiger partial charge in [-0.3, -0.25) is 0 Å². The van der Waals surface area contributed by atoms with Crippen molar-refractivity contribution < 1.29 is 0 Å². The highest BCUT2D eigenvalue weighted by molar-refractivity contribution is 6.30. The predicted octanol–water partition coefficient (Wildman–Crippen LogP) is 3.63. The van der Waals surface area contributed by atoms with Crippen LogP contribution in [0.5, 0.6) is 0 Å². The molecule has 1 atom stereocenters. The van der Waals surface area contributed by atoms with Gasteiger partial charge in [0.05, 0.1) is 6.04 Å². The second-order valence-electron chi connectivity index (χ2n) is 6.32. The molecule has 4 rings (SSSR count). The smallest absolute Gasteiger partial charge is 0.126 e. The molecule has 4 heteroatoms. The molecule has 2 heterocycles. The fraction of sp³-hybridized carbons (Fsp3) is 0.190. The molecule has 1 aliphatic carbocycles. The molecule has 126 valence electrons. The van der Waals surface area contributed by atoms with E-state index in [9.17, 15) is 0 Å². The van der Waals surface area contributed by atoms with E-state index in [1.807, 2.05) is 36.5 Å². The van der Waals surface area contributed by atoms with Crippen LogP contribution in [0.3, 0.4) is 0 Å². The first-order valence-corrected chi connectivity index (χ1v) is 8.89. The largest absolute Gasteiger partial charge is 0.359 e. The number of fused-ring (bicyclic) bond motifs is 1. The van der Waals surface area contributed by atoms with Crippen LogP contribution in [-0.4, -0.2) is 9.55 Å². The molecular formula is C21H20ClN3. The quantitative estimate of drug-likeness (QED) is 0.779. The fourth-order valence-electron chi connectivity index (χ4n) is 3.43. The van der Waals surface area contributed by atoms with E-state index in [-0.39, 0.29) is 6.04 Å². The molecule has 0 radical (unpaired) electrons. The van der Waals surface area contributed by atoms with Crippen LogP contribution >= 0.6 is 11.6 Å². The third kappa shape index (κ3) is 3.20. The number of hydrogen-bond acceptors (Lipinski definition) is 2. The van der Waals surface area contributed by atoms with Crippen molar-refractivity contribution in [2.24, 2.45) is 7.05 Å². The first-order valence-electron chi connectivity index (χ1n) is 8.51. The zero-order chi connectivity index (χ0) is 17.2. The van der Waals surface area contributed by atoms with Gasteiger partial charge in [-0.2, -0.15) is 0 Å². The minimum Gasteiger partial charge on any atom is -0.359 e. The van der Waals surface area contributed by atoms with Crippen molar-refractivity contribution in [1.29, 1.82) is 0 Å². The number of benzene rings is 1. The van der Waals surface area contributed by atoms with Crippen molar-refractivity contribution in [3.8, 4) is 0 Å². The molecule has 0 aliphatic heterocycles. The molecule has 0 spiro atoms. The third-order valence-electron chi connectivity index (χ3n) is 4.62. The summed E-state index contributed by atoms with van der Waals surface area (Å²) in [5.41, 5.74) is 2.43. The van der Waals surface area contributed by atoms with Crippen LogP contribution in [0.1, 0.15) is 30.0 Å². The average molecular weight is 350 g/mol. The van der Waals surface area contributed by atoms with Gasteiger partial charge in [0, 0.05) is 40.6 Å². The van der Waals surface area contributed by atoms with Gasteiger partial charge in [-0.1, -0.05) is 42.0 Å². The molecular weight excluding hydrogens is 330 g/mol. The molecule has 0 saturated carbocycles. The van der Waals surface area contributed by atoms with E-state index in [4.69, 9.17) is 11.6 Å². The molecule has 0 saturated heterocycles. The Hall–Kier alpha value is -2.52. The first kappa shape index (κ1) is 16.0. The van der Waals surface area contributed by atoms with Gasteiger partial charge in [-0.05, 0) is 42.7 Å². The van der Waals surface area contributed by atoms with Crippen molar-refractivity contribution in [2.75, 3.05) is 5.32 Å². The topological polar surface area (TPSA) is 29.9 Å². The number of nitrogens with zero attached hydrogens (tertiary/aromatic N) is 2. The second-order valence-corrected chi connectivity index (χ2v) is 6.76. The summed E-state index contributed by atoms with van der Waals surface area (Å²) < 4.78 is 2.21. The van der Waals surface area contributed by atoms with E-state index in [0.717, 1.165) is 23.7 Å². The molecule has 1 N–H and O–H groups in total. The molecule has 1 aromatic carbocycles. The zero-order valence-corrected chi connectivity index (χ0v) is 14.9. The number of nitrogens with one attached hydrogen (secondary N) is 1. The Balaban J connectivity index is 1.85. The summed E-state index contributed by atoms with van der Waals surface area (Å²) in [5, 5.41) is 6.95. The van der Waals surface area contributed by atoms with Crippen molar-refractivity contribution in [2.45, 2.75) is 18.9 Å². The van der Waals surface area contributed by atoms with Gasteiger partial charge in [0.25, 0.3) is 0 Å². The monoisotopic (exact) mass is 349 g/mol. The third-order valence-corrected chi connectivity index (χ3v) is 4.88. The van der Waals surface area contributed by atoms with Gasteiger partial charge < -0.3 is 9.88 Å². The number of pyridine rings is 1. The minimum atomic E-state index is 0.0184. The van der Waals surface area contributed by atoms with Gasteiger partial charge in [0.2, 0.25) is 0 Å². The predicted molar refractivity (Wildman–Crippen MR) is 104 cm³/mol. The summed E-state index contributed by atoms with van der Waals surface area (Å²) in [7, 11) is 2.11. The summed E-state index contributed by atoms with van der Waals surface area (Å²) in [4.78, 5) is 4.44. The lowest BCUT2D eigenvalue weighted by atomic mass is 9.98. The number of hydrogen-bond donors (Lipinski definition) is 1. The summed E-state index contributed by atoms with van der Waals surface area (Å²) in [6.07, 6.45) is 10.9. The Bertz CT molecular complexity index is 988. The molecule has 1 aliphatic rings. The lowest BCUT2D eigenvalue weighted by molar-refractivity contribution is 0.866. The SMILES string of the molecule is Cn1cc(C(Nc2ccccn2)c2ccc(Cl)cc2)c2c1=CCCC=2. The zero-order valence-electron chi connectivity index (χ0n) is 14.1. The molecule has 25 heavy (non-hydrogen) atoms. The van der Waals surface area contributed by atoms with Crippen LogP contribution < -0.4 is 15.9 Å². The number of aromatic nitrogens is 2. The maximum Gasteiger partial charge on any atom is 0.126 e. The van der Waals surface area contributed by atoms with Crippen molar-refractivity contribution in [3.63, 3.8) is 0 Å². The Morgan fingerprint density at radius 2 is 1.88 bits per heavy atom. The van der Waals surface area contributed by atoms with Crippen molar-refractivity contribution in [1.82, 2.24) is 9.55 Å². The highest BCUT2D eigenvalue weighted by atomic mass is 35.5. The first-order chi connectivity index (χ1) is 12.2. The lowest BCUT2D eigenvalue weighted by Gasteiger charge is -2.20. The van der Waals surface area contributed by atoms with Gasteiger partial charge in [-0.15, -0.1) is 0 Å². The van der Waals surface area contributed by atoms with Crippen molar-refractivity contribution in [3.05, 3.63) is 81.6 Å².